The molecule has 2 nitrogen and oxygen atoms in total. The van der Waals surface area contributed by atoms with Gasteiger partial charge in [0.05, 0.1) is 0 Å². The van der Waals surface area contributed by atoms with E-state index in [1.165, 1.54) is 11.3 Å². The molecule has 78 valence electrons. The molecule has 0 spiro atoms. The summed E-state index contributed by atoms with van der Waals surface area (Å²) < 4.78 is 0.787. The standard InChI is InChI=1S/C11H10BrNOS/c12-10-7-15-11(13-10)9(14)6-8-4-2-1-3-5-8/h1-5,7,9,14H,6H2. The largest absolute Gasteiger partial charge is 0.386 e. The number of nitrogens with zero attached hydrogens (tertiary/aromatic N) is 1. The Balaban J connectivity index is 2.07. The van der Waals surface area contributed by atoms with Gasteiger partial charge in [-0.05, 0) is 21.5 Å². The van der Waals surface area contributed by atoms with Crippen molar-refractivity contribution in [2.45, 2.75) is 12.5 Å². The Bertz CT molecular complexity index is 429. The number of halogens is 1. The summed E-state index contributed by atoms with van der Waals surface area (Å²) in [6, 6.07) is 9.92. The van der Waals surface area contributed by atoms with Crippen LogP contribution in [0, 0.1) is 0 Å². The number of benzene rings is 1. The number of aromatic nitrogens is 1. The van der Waals surface area contributed by atoms with Crippen molar-refractivity contribution in [2.24, 2.45) is 0 Å². The summed E-state index contributed by atoms with van der Waals surface area (Å²) >= 11 is 4.74. The highest BCUT2D eigenvalue weighted by molar-refractivity contribution is 9.10. The summed E-state index contributed by atoms with van der Waals surface area (Å²) in [6.07, 6.45) is 0.101. The van der Waals surface area contributed by atoms with Gasteiger partial charge in [0, 0.05) is 11.8 Å². The molecule has 2 aromatic rings. The molecule has 1 atom stereocenters. The molecule has 0 bridgehead atoms. The smallest absolute Gasteiger partial charge is 0.123 e. The monoisotopic (exact) mass is 283 g/mol. The van der Waals surface area contributed by atoms with Gasteiger partial charge in [-0.15, -0.1) is 11.3 Å². The number of hydrogen-bond acceptors (Lipinski definition) is 3. The number of aliphatic hydroxyl groups excluding tert-OH is 1. The molecule has 4 heteroatoms. The molecule has 1 unspecified atom stereocenters. The molecule has 0 aliphatic rings. The van der Waals surface area contributed by atoms with Crippen LogP contribution >= 0.6 is 27.3 Å². The number of aliphatic hydroxyl groups is 1. The quantitative estimate of drug-likeness (QED) is 0.939. The van der Waals surface area contributed by atoms with Gasteiger partial charge in [-0.25, -0.2) is 4.98 Å². The van der Waals surface area contributed by atoms with Crippen LogP contribution in [0.1, 0.15) is 16.7 Å². The summed E-state index contributed by atoms with van der Waals surface area (Å²) in [5.41, 5.74) is 1.12. The van der Waals surface area contributed by atoms with Gasteiger partial charge in [-0.2, -0.15) is 0 Å². The van der Waals surface area contributed by atoms with E-state index in [4.69, 9.17) is 0 Å². The van der Waals surface area contributed by atoms with Gasteiger partial charge in [0.15, 0.2) is 0 Å². The maximum Gasteiger partial charge on any atom is 0.123 e. The van der Waals surface area contributed by atoms with Gasteiger partial charge in [0.2, 0.25) is 0 Å². The van der Waals surface area contributed by atoms with Gasteiger partial charge in [0.1, 0.15) is 15.7 Å². The fourth-order valence-corrected chi connectivity index (χ4v) is 2.60. The van der Waals surface area contributed by atoms with Crippen molar-refractivity contribution in [3.05, 3.63) is 50.9 Å². The molecule has 0 amide bonds. The Hall–Kier alpha value is -0.710. The summed E-state index contributed by atoms with van der Waals surface area (Å²) in [4.78, 5) is 4.19. The molecule has 1 aromatic heterocycles. The van der Waals surface area contributed by atoms with Gasteiger partial charge < -0.3 is 5.11 Å². The first-order valence-electron chi connectivity index (χ1n) is 4.58. The van der Waals surface area contributed by atoms with E-state index in [-0.39, 0.29) is 0 Å². The van der Waals surface area contributed by atoms with E-state index in [0.717, 1.165) is 15.2 Å². The molecule has 1 heterocycles. The first-order valence-corrected chi connectivity index (χ1v) is 6.26. The Morgan fingerprint density at radius 2 is 2.07 bits per heavy atom. The second kappa shape index (κ2) is 4.88. The molecule has 0 aliphatic carbocycles. The van der Waals surface area contributed by atoms with E-state index in [0.29, 0.717) is 6.42 Å². The van der Waals surface area contributed by atoms with Crippen LogP contribution in [0.4, 0.5) is 0 Å². The Morgan fingerprint density at radius 3 is 2.67 bits per heavy atom. The maximum atomic E-state index is 9.91. The zero-order valence-electron chi connectivity index (χ0n) is 7.93. The zero-order chi connectivity index (χ0) is 10.7. The summed E-state index contributed by atoms with van der Waals surface area (Å²) in [5.74, 6) is 0. The van der Waals surface area contributed by atoms with Gasteiger partial charge in [0.25, 0.3) is 0 Å². The van der Waals surface area contributed by atoms with E-state index in [1.54, 1.807) is 0 Å². The lowest BCUT2D eigenvalue weighted by Crippen LogP contribution is -2.00. The Kier molecular flexibility index (Phi) is 3.51. The third kappa shape index (κ3) is 2.87. The highest BCUT2D eigenvalue weighted by Gasteiger charge is 2.12. The van der Waals surface area contributed by atoms with Crippen molar-refractivity contribution in [1.82, 2.24) is 4.98 Å². The van der Waals surface area contributed by atoms with Gasteiger partial charge in [-0.1, -0.05) is 30.3 Å². The number of hydrogen-bond donors (Lipinski definition) is 1. The molecular formula is C11H10BrNOS. The minimum atomic E-state index is -0.510. The molecule has 0 aliphatic heterocycles. The second-order valence-electron chi connectivity index (χ2n) is 3.21. The van der Waals surface area contributed by atoms with Crippen LogP contribution in [-0.4, -0.2) is 10.1 Å². The highest BCUT2D eigenvalue weighted by Crippen LogP contribution is 2.23. The SMILES string of the molecule is OC(Cc1ccccc1)c1nc(Br)cs1. The van der Waals surface area contributed by atoms with Crippen LogP contribution in [-0.2, 0) is 6.42 Å². The summed E-state index contributed by atoms with van der Waals surface area (Å²) in [7, 11) is 0. The average molecular weight is 284 g/mol. The van der Waals surface area contributed by atoms with Crippen LogP contribution in [0.15, 0.2) is 40.3 Å². The molecule has 0 fully saturated rings. The fourth-order valence-electron chi connectivity index (χ4n) is 1.34. The lowest BCUT2D eigenvalue weighted by molar-refractivity contribution is 0.178. The molecular weight excluding hydrogens is 274 g/mol. The summed E-state index contributed by atoms with van der Waals surface area (Å²) in [5, 5.41) is 12.5. The minimum Gasteiger partial charge on any atom is -0.386 e. The van der Waals surface area contributed by atoms with Crippen LogP contribution in [0.25, 0.3) is 0 Å². The van der Waals surface area contributed by atoms with Crippen molar-refractivity contribution >= 4 is 27.3 Å². The number of rotatable bonds is 3. The normalized spacial score (nSPS) is 12.7. The predicted molar refractivity (Wildman–Crippen MR) is 64.9 cm³/mol. The lowest BCUT2D eigenvalue weighted by atomic mass is 10.1. The fraction of sp³-hybridized carbons (Fsp3) is 0.182. The van der Waals surface area contributed by atoms with Crippen molar-refractivity contribution in [2.75, 3.05) is 0 Å². The second-order valence-corrected chi connectivity index (χ2v) is 4.92. The first-order chi connectivity index (χ1) is 7.25. The van der Waals surface area contributed by atoms with Gasteiger partial charge >= 0.3 is 0 Å². The zero-order valence-corrected chi connectivity index (χ0v) is 10.3. The minimum absolute atomic E-state index is 0.510. The molecule has 0 saturated carbocycles. The van der Waals surface area contributed by atoms with E-state index >= 15 is 0 Å². The van der Waals surface area contributed by atoms with Gasteiger partial charge in [-0.3, -0.25) is 0 Å². The molecule has 2 rings (SSSR count). The van der Waals surface area contributed by atoms with Crippen LogP contribution < -0.4 is 0 Å². The summed E-state index contributed by atoms with van der Waals surface area (Å²) in [6.45, 7) is 0. The van der Waals surface area contributed by atoms with E-state index in [1.807, 2.05) is 35.7 Å². The number of thiazole rings is 1. The van der Waals surface area contributed by atoms with E-state index in [9.17, 15) is 5.11 Å². The molecule has 1 N–H and O–H groups in total. The molecule has 1 aromatic carbocycles. The maximum absolute atomic E-state index is 9.91. The third-order valence-corrected chi connectivity index (χ3v) is 3.71. The third-order valence-electron chi connectivity index (χ3n) is 2.05. The molecule has 0 radical (unpaired) electrons. The first kappa shape index (κ1) is 10.8. The Morgan fingerprint density at radius 1 is 1.33 bits per heavy atom. The molecule has 15 heavy (non-hydrogen) atoms. The van der Waals surface area contributed by atoms with Crippen LogP contribution in [0.2, 0.25) is 0 Å². The molecule has 0 saturated heterocycles. The van der Waals surface area contributed by atoms with E-state index < -0.39 is 6.10 Å². The van der Waals surface area contributed by atoms with Crippen molar-refractivity contribution in [1.29, 1.82) is 0 Å². The van der Waals surface area contributed by atoms with Crippen LogP contribution in [0.5, 0.6) is 0 Å². The van der Waals surface area contributed by atoms with Crippen molar-refractivity contribution in [3.63, 3.8) is 0 Å². The Labute approximate surface area is 101 Å². The van der Waals surface area contributed by atoms with Crippen molar-refractivity contribution < 1.29 is 5.11 Å². The highest BCUT2D eigenvalue weighted by atomic mass is 79.9. The van der Waals surface area contributed by atoms with Crippen LogP contribution in [0.3, 0.4) is 0 Å². The average Bonchev–Trinajstić information content (AvgIpc) is 2.66. The lowest BCUT2D eigenvalue weighted by Gasteiger charge is -2.06. The van der Waals surface area contributed by atoms with Crippen molar-refractivity contribution in [3.8, 4) is 0 Å². The van der Waals surface area contributed by atoms with E-state index in [2.05, 4.69) is 20.9 Å². The predicted octanol–water partition coefficient (Wildman–Crippen LogP) is 3.18. The topological polar surface area (TPSA) is 33.1 Å².